The standard InChI is InChI=1S/C22H46O2Si/c1-7-8-9-10-11-12-13-14-15-16-17-18-21(19-20-23)24-25(5,6)22(2,3)4/h20-21H,7-19H2,1-6H3/t21-/m0/s1. The zero-order chi connectivity index (χ0) is 19.2. The van der Waals surface area contributed by atoms with Crippen LogP contribution in [-0.4, -0.2) is 20.7 Å². The van der Waals surface area contributed by atoms with Gasteiger partial charge in [-0.3, -0.25) is 0 Å². The third-order valence-corrected chi connectivity index (χ3v) is 10.3. The smallest absolute Gasteiger partial charge is 0.192 e. The summed E-state index contributed by atoms with van der Waals surface area (Å²) < 4.78 is 6.44. The molecular formula is C22H46O2Si. The van der Waals surface area contributed by atoms with E-state index in [0.29, 0.717) is 6.42 Å². The molecule has 0 aliphatic carbocycles. The monoisotopic (exact) mass is 370 g/mol. The molecule has 3 heteroatoms. The highest BCUT2D eigenvalue weighted by Crippen LogP contribution is 2.38. The number of unbranched alkanes of at least 4 members (excludes halogenated alkanes) is 10. The second kappa shape index (κ2) is 14.0. The molecule has 0 aliphatic heterocycles. The fourth-order valence-corrected chi connectivity index (χ4v) is 4.36. The van der Waals surface area contributed by atoms with E-state index in [1.165, 1.54) is 70.6 Å². The van der Waals surface area contributed by atoms with Gasteiger partial charge in [0.25, 0.3) is 0 Å². The van der Waals surface area contributed by atoms with Crippen LogP contribution in [0.15, 0.2) is 0 Å². The van der Waals surface area contributed by atoms with Gasteiger partial charge in [0, 0.05) is 6.42 Å². The molecule has 0 heterocycles. The van der Waals surface area contributed by atoms with E-state index in [4.69, 9.17) is 4.43 Å². The largest absolute Gasteiger partial charge is 0.414 e. The molecule has 0 aromatic rings. The van der Waals surface area contributed by atoms with E-state index in [1.807, 2.05) is 0 Å². The third kappa shape index (κ3) is 12.8. The van der Waals surface area contributed by atoms with Crippen molar-refractivity contribution in [1.82, 2.24) is 0 Å². The van der Waals surface area contributed by atoms with Crippen molar-refractivity contribution in [2.45, 2.75) is 135 Å². The Labute approximate surface area is 159 Å². The molecule has 0 radical (unpaired) electrons. The Morgan fingerprint density at radius 2 is 1.28 bits per heavy atom. The molecule has 0 saturated heterocycles. The van der Waals surface area contributed by atoms with Gasteiger partial charge >= 0.3 is 0 Å². The second-order valence-electron chi connectivity index (χ2n) is 9.23. The van der Waals surface area contributed by atoms with Crippen LogP contribution in [0.3, 0.4) is 0 Å². The van der Waals surface area contributed by atoms with Crippen LogP contribution in [0.25, 0.3) is 0 Å². The summed E-state index contributed by atoms with van der Waals surface area (Å²) in [5.41, 5.74) is 0. The van der Waals surface area contributed by atoms with E-state index in [1.54, 1.807) is 0 Å². The number of hydrogen-bond donors (Lipinski definition) is 0. The van der Waals surface area contributed by atoms with Crippen LogP contribution < -0.4 is 0 Å². The topological polar surface area (TPSA) is 26.3 Å². The summed E-state index contributed by atoms with van der Waals surface area (Å²) in [5.74, 6) is 0. The Morgan fingerprint density at radius 1 is 0.840 bits per heavy atom. The molecule has 25 heavy (non-hydrogen) atoms. The predicted octanol–water partition coefficient (Wildman–Crippen LogP) is 7.67. The van der Waals surface area contributed by atoms with E-state index in [0.717, 1.165) is 12.7 Å². The van der Waals surface area contributed by atoms with Crippen molar-refractivity contribution in [3.05, 3.63) is 0 Å². The van der Waals surface area contributed by atoms with Crippen molar-refractivity contribution >= 4 is 14.6 Å². The molecule has 0 aromatic carbocycles. The Bertz CT molecular complexity index is 320. The summed E-state index contributed by atoms with van der Waals surface area (Å²) in [5, 5.41) is 0.214. The van der Waals surface area contributed by atoms with Crippen LogP contribution >= 0.6 is 0 Å². The van der Waals surface area contributed by atoms with Gasteiger partial charge in [-0.15, -0.1) is 0 Å². The van der Waals surface area contributed by atoms with Gasteiger partial charge in [-0.2, -0.15) is 0 Å². The quantitative estimate of drug-likeness (QED) is 0.158. The Balaban J connectivity index is 3.79. The molecule has 0 bridgehead atoms. The van der Waals surface area contributed by atoms with Crippen LogP contribution in [0.1, 0.15) is 111 Å². The second-order valence-corrected chi connectivity index (χ2v) is 14.0. The highest BCUT2D eigenvalue weighted by atomic mass is 28.4. The van der Waals surface area contributed by atoms with Crippen molar-refractivity contribution < 1.29 is 9.22 Å². The molecule has 0 aliphatic rings. The van der Waals surface area contributed by atoms with Gasteiger partial charge in [0.2, 0.25) is 0 Å². The predicted molar refractivity (Wildman–Crippen MR) is 114 cm³/mol. The van der Waals surface area contributed by atoms with Gasteiger partial charge in [-0.1, -0.05) is 98.3 Å². The third-order valence-electron chi connectivity index (χ3n) is 5.76. The van der Waals surface area contributed by atoms with Crippen molar-refractivity contribution in [3.8, 4) is 0 Å². The highest BCUT2D eigenvalue weighted by molar-refractivity contribution is 6.74. The van der Waals surface area contributed by atoms with Gasteiger partial charge in [0.15, 0.2) is 8.32 Å². The molecule has 0 spiro atoms. The molecule has 0 rings (SSSR count). The maximum Gasteiger partial charge on any atom is 0.192 e. The van der Waals surface area contributed by atoms with Crippen molar-refractivity contribution in [2.75, 3.05) is 0 Å². The Hall–Kier alpha value is -0.153. The molecule has 1 atom stereocenters. The molecule has 0 N–H and O–H groups in total. The van der Waals surface area contributed by atoms with Crippen LogP contribution in [0.5, 0.6) is 0 Å². The number of rotatable bonds is 16. The number of hydrogen-bond acceptors (Lipinski definition) is 2. The molecule has 0 unspecified atom stereocenters. The van der Waals surface area contributed by atoms with E-state index < -0.39 is 8.32 Å². The summed E-state index contributed by atoms with van der Waals surface area (Å²) in [6.45, 7) is 13.6. The van der Waals surface area contributed by atoms with Gasteiger partial charge < -0.3 is 9.22 Å². The lowest BCUT2D eigenvalue weighted by Crippen LogP contribution is -2.44. The molecular weight excluding hydrogens is 324 g/mol. The summed E-state index contributed by atoms with van der Waals surface area (Å²) in [6, 6.07) is 0. The normalized spacial score (nSPS) is 13.8. The van der Waals surface area contributed by atoms with Crippen LogP contribution in [-0.2, 0) is 9.22 Å². The SMILES string of the molecule is CCCCCCCCCCCCC[C@@H](CC=O)O[Si](C)(C)C(C)(C)C. The van der Waals surface area contributed by atoms with Crippen LogP contribution in [0, 0.1) is 0 Å². The van der Waals surface area contributed by atoms with Gasteiger partial charge in [0.1, 0.15) is 6.29 Å². The molecule has 0 fully saturated rings. The fraction of sp³-hybridized carbons (Fsp3) is 0.955. The number of aldehydes is 1. The van der Waals surface area contributed by atoms with Gasteiger partial charge in [-0.25, -0.2) is 0 Å². The first-order chi connectivity index (χ1) is 11.7. The van der Waals surface area contributed by atoms with Crippen LogP contribution in [0.2, 0.25) is 18.1 Å². The van der Waals surface area contributed by atoms with E-state index in [2.05, 4.69) is 40.8 Å². The molecule has 0 aromatic heterocycles. The number of carbonyl (C=O) groups is 1. The lowest BCUT2D eigenvalue weighted by Gasteiger charge is -2.39. The molecule has 0 saturated carbocycles. The fourth-order valence-electron chi connectivity index (χ4n) is 2.96. The Morgan fingerprint density at radius 3 is 1.68 bits per heavy atom. The average Bonchev–Trinajstić information content (AvgIpc) is 2.51. The minimum Gasteiger partial charge on any atom is -0.414 e. The van der Waals surface area contributed by atoms with Crippen molar-refractivity contribution in [3.63, 3.8) is 0 Å². The average molecular weight is 371 g/mol. The first-order valence-corrected chi connectivity index (χ1v) is 13.8. The summed E-state index contributed by atoms with van der Waals surface area (Å²) in [4.78, 5) is 11.0. The summed E-state index contributed by atoms with van der Waals surface area (Å²) >= 11 is 0. The maximum atomic E-state index is 11.0. The van der Waals surface area contributed by atoms with Crippen molar-refractivity contribution in [1.29, 1.82) is 0 Å². The minimum absolute atomic E-state index is 0.136. The van der Waals surface area contributed by atoms with Gasteiger partial charge in [0.05, 0.1) is 6.10 Å². The lowest BCUT2D eigenvalue weighted by molar-refractivity contribution is -0.109. The highest BCUT2D eigenvalue weighted by Gasteiger charge is 2.38. The molecule has 0 amide bonds. The minimum atomic E-state index is -1.76. The lowest BCUT2D eigenvalue weighted by atomic mass is 10.0. The van der Waals surface area contributed by atoms with E-state index in [9.17, 15) is 4.79 Å². The van der Waals surface area contributed by atoms with Gasteiger partial charge in [-0.05, 0) is 24.6 Å². The van der Waals surface area contributed by atoms with E-state index in [-0.39, 0.29) is 11.1 Å². The Kier molecular flexibility index (Phi) is 13.9. The maximum absolute atomic E-state index is 11.0. The zero-order valence-electron chi connectivity index (χ0n) is 18.2. The first kappa shape index (κ1) is 24.8. The summed E-state index contributed by atoms with van der Waals surface area (Å²) in [7, 11) is -1.76. The molecule has 150 valence electrons. The van der Waals surface area contributed by atoms with Crippen molar-refractivity contribution in [2.24, 2.45) is 0 Å². The van der Waals surface area contributed by atoms with E-state index >= 15 is 0 Å². The first-order valence-electron chi connectivity index (χ1n) is 10.9. The van der Waals surface area contributed by atoms with Crippen LogP contribution in [0.4, 0.5) is 0 Å². The number of carbonyl (C=O) groups excluding carboxylic acids is 1. The summed E-state index contributed by atoms with van der Waals surface area (Å²) in [6.07, 6.45) is 17.8. The molecule has 2 nitrogen and oxygen atoms in total. The zero-order valence-corrected chi connectivity index (χ0v) is 19.2.